The van der Waals surface area contributed by atoms with Gasteiger partial charge in [-0.25, -0.2) is 50.1 Å². The zero-order chi connectivity index (χ0) is 35.8. The summed E-state index contributed by atoms with van der Waals surface area (Å²) in [6, 6.07) is 13.6. The Hall–Kier alpha value is -2.32. The number of nitrogens with zero attached hydrogens (tertiary/aromatic N) is 6. The average Bonchev–Trinajstić information content (AvgIpc) is 3.67. The van der Waals surface area contributed by atoms with Gasteiger partial charge in [0.2, 0.25) is 10.6 Å². The van der Waals surface area contributed by atoms with Crippen LogP contribution in [-0.2, 0) is 6.18 Å². The lowest BCUT2D eigenvalue weighted by atomic mass is 10.1. The summed E-state index contributed by atoms with van der Waals surface area (Å²) in [5.41, 5.74) is 4.67. The Morgan fingerprint density at radius 3 is 1.96 bits per heavy atom. The molecule has 6 aromatic rings. The Balaban J connectivity index is 0.000000194. The third-order valence-corrected chi connectivity index (χ3v) is 8.21. The molecule has 0 fully saturated rings. The maximum Gasteiger partial charge on any atom is 0.643 e. The van der Waals surface area contributed by atoms with Crippen molar-refractivity contribution >= 4 is 130 Å². The molecule has 8 nitrogen and oxygen atoms in total. The summed E-state index contributed by atoms with van der Waals surface area (Å²) < 4.78 is 37.5. The van der Waals surface area contributed by atoms with E-state index in [9.17, 15) is 13.2 Å². The lowest BCUT2D eigenvalue weighted by Crippen LogP contribution is -2.07. The maximum atomic E-state index is 12.0. The van der Waals surface area contributed by atoms with Gasteiger partial charge in [0.25, 0.3) is 0 Å². The summed E-state index contributed by atoms with van der Waals surface area (Å²) in [6.07, 6.45) is 1.42. The number of hydrogen-bond donors (Lipinski definition) is 2. The van der Waals surface area contributed by atoms with E-state index < -0.39 is 28.3 Å². The molecule has 0 radical (unpaired) electrons. The van der Waals surface area contributed by atoms with Crippen LogP contribution >= 0.6 is 96.8 Å². The quantitative estimate of drug-likeness (QED) is 0.0959. The van der Waals surface area contributed by atoms with Crippen LogP contribution in [0.15, 0.2) is 64.1 Å². The highest BCUT2D eigenvalue weighted by atomic mass is 79.9. The first-order valence-corrected chi connectivity index (χ1v) is 20.6. The zero-order valence-electron chi connectivity index (χ0n) is 23.6. The van der Waals surface area contributed by atoms with Crippen molar-refractivity contribution in [3.05, 3.63) is 102 Å². The van der Waals surface area contributed by atoms with E-state index in [1.165, 1.54) is 0 Å². The number of nitrogens with one attached hydrogen (secondary N) is 2. The number of aryl methyl sites for hydroxylation is 1. The normalized spacial score (nSPS) is 10.5. The number of alkyl halides is 3. The molecule has 48 heavy (non-hydrogen) atoms. The zero-order valence-corrected chi connectivity index (χ0v) is 32.5. The molecule has 0 saturated carbocycles. The lowest BCUT2D eigenvalue weighted by Gasteiger charge is -2.06. The average molecular weight is 919 g/mol. The molecule has 0 unspecified atom stereocenters. The Morgan fingerprint density at radius 2 is 1.38 bits per heavy atom. The topological polar surface area (TPSA) is 131 Å². The molecule has 0 aliphatic heterocycles. The van der Waals surface area contributed by atoms with E-state index in [0.29, 0.717) is 17.3 Å². The number of hydrogen-bond acceptors (Lipinski definition) is 6. The van der Waals surface area contributed by atoms with Gasteiger partial charge in [0.05, 0.1) is 36.8 Å². The molecule has 0 aliphatic carbocycles. The number of rotatable bonds is 1. The molecule has 0 bridgehead atoms. The van der Waals surface area contributed by atoms with Gasteiger partial charge in [0, 0.05) is 41.1 Å². The number of aromatic nitrogens is 6. The van der Waals surface area contributed by atoms with Gasteiger partial charge in [-0.1, -0.05) is 23.7 Å². The number of benzene rings is 2. The van der Waals surface area contributed by atoms with E-state index in [1.54, 1.807) is 18.3 Å². The summed E-state index contributed by atoms with van der Waals surface area (Å²) in [7, 11) is 14.8. The standard InChI is InChI=1S/C14H8BrClN4.C9H5BrN2.C5HCl2F3N2.Al.3ClH/c1-7-5-19-14(16)20-12(7)10-6-18-13-9(10)3-2-8(4-17)11(13)15;10-8-7(5-11)2-1-6-3-4-12-9(6)8;6-3-2(5(8,9)10)1-11-4(7)12-3;;;;/h2-3,5-6,18H,1H3;1-4,12H;1H;;3*1H/q;;;+3;;;/p-3. The molecule has 0 atom stereocenters. The summed E-state index contributed by atoms with van der Waals surface area (Å²) in [4.78, 5) is 20.8. The number of H-pyrrole nitrogens is 2. The molecular weight excluding hydrogens is 905 g/mol. The molecule has 2 aromatic carbocycles. The van der Waals surface area contributed by atoms with E-state index in [4.69, 9.17) is 75.5 Å². The summed E-state index contributed by atoms with van der Waals surface area (Å²) in [5, 5.41) is 19.1. The highest BCUT2D eigenvalue weighted by Gasteiger charge is 2.34. The van der Waals surface area contributed by atoms with Gasteiger partial charge in [0.15, 0.2) is 0 Å². The SMILES string of the molecule is Cc1cnc(Cl)nc1-c1c[nH]c2c(Br)c(C#N)ccc12.FC(F)(F)c1cnc(Cl)nc1Cl.N#Cc1ccc2cc[nH]c2c1Br.[Cl][Al]([Cl])[Cl]. The van der Waals surface area contributed by atoms with Crippen molar-refractivity contribution in [1.29, 1.82) is 10.5 Å². The molecule has 0 spiro atoms. The first kappa shape index (κ1) is 40.1. The van der Waals surface area contributed by atoms with Crippen LogP contribution in [0.3, 0.4) is 0 Å². The van der Waals surface area contributed by atoms with Gasteiger partial charge < -0.3 is 9.97 Å². The van der Waals surface area contributed by atoms with Crippen LogP contribution < -0.4 is 0 Å². The molecule has 20 heteroatoms. The van der Waals surface area contributed by atoms with Crippen molar-refractivity contribution in [1.82, 2.24) is 29.9 Å². The van der Waals surface area contributed by atoms with Crippen molar-refractivity contribution in [3.8, 4) is 23.4 Å². The van der Waals surface area contributed by atoms with Gasteiger partial charge in [0.1, 0.15) is 22.9 Å². The minimum atomic E-state index is -4.54. The molecule has 4 heterocycles. The fourth-order valence-corrected chi connectivity index (χ4v) is 5.51. The van der Waals surface area contributed by atoms with E-state index >= 15 is 0 Å². The number of aromatic amines is 2. The Labute approximate surface area is 319 Å². The highest BCUT2D eigenvalue weighted by molar-refractivity contribution is 9.11. The molecule has 0 saturated heterocycles. The smallest absolute Gasteiger partial charge is 0.360 e. The van der Waals surface area contributed by atoms with Crippen molar-refractivity contribution in [2.75, 3.05) is 0 Å². The molecule has 0 aliphatic rings. The fraction of sp³-hybridized carbons (Fsp3) is 0.0714. The van der Waals surface area contributed by atoms with Crippen LogP contribution in [0.5, 0.6) is 0 Å². The van der Waals surface area contributed by atoms with Crippen molar-refractivity contribution in [3.63, 3.8) is 0 Å². The summed E-state index contributed by atoms with van der Waals surface area (Å²) in [5.74, 6) is 0. The maximum absolute atomic E-state index is 12.0. The van der Waals surface area contributed by atoms with E-state index in [1.807, 2.05) is 37.5 Å². The second-order valence-corrected chi connectivity index (χ2v) is 18.0. The Bertz CT molecular complexity index is 2150. The van der Waals surface area contributed by atoms with Crippen LogP contribution in [0.25, 0.3) is 33.1 Å². The van der Waals surface area contributed by atoms with Crippen molar-refractivity contribution in [2.24, 2.45) is 0 Å². The Morgan fingerprint density at radius 1 is 0.812 bits per heavy atom. The minimum Gasteiger partial charge on any atom is -0.360 e. The van der Waals surface area contributed by atoms with Crippen LogP contribution in [-0.4, -0.2) is 41.3 Å². The predicted molar refractivity (Wildman–Crippen MR) is 193 cm³/mol. The predicted octanol–water partition coefficient (Wildman–Crippen LogP) is 11.5. The van der Waals surface area contributed by atoms with Gasteiger partial charge in [-0.05, 0) is 85.7 Å². The van der Waals surface area contributed by atoms with E-state index in [-0.39, 0.29) is 10.6 Å². The Kier molecular flexibility index (Phi) is 15.1. The molecule has 246 valence electrons. The summed E-state index contributed by atoms with van der Waals surface area (Å²) in [6.45, 7) is 1.93. The number of halogens is 11. The van der Waals surface area contributed by atoms with Crippen molar-refractivity contribution < 1.29 is 13.2 Å². The van der Waals surface area contributed by atoms with Crippen LogP contribution in [0.2, 0.25) is 15.7 Å². The number of fused-ring (bicyclic) bond motifs is 2. The fourth-order valence-electron chi connectivity index (χ4n) is 3.85. The molecule has 4 aromatic heterocycles. The highest BCUT2D eigenvalue weighted by Crippen LogP contribution is 2.35. The van der Waals surface area contributed by atoms with Crippen LogP contribution in [0.4, 0.5) is 13.2 Å². The van der Waals surface area contributed by atoms with Gasteiger partial charge in [-0.3, -0.25) is 0 Å². The first-order chi connectivity index (χ1) is 22.6. The van der Waals surface area contributed by atoms with Gasteiger partial charge in [-0.15, -0.1) is 0 Å². The van der Waals surface area contributed by atoms with E-state index in [0.717, 1.165) is 47.6 Å². The summed E-state index contributed by atoms with van der Waals surface area (Å²) >= 11 is 21.3. The second kappa shape index (κ2) is 18.1. The molecule has 0 amide bonds. The second-order valence-electron chi connectivity index (χ2n) is 8.90. The van der Waals surface area contributed by atoms with E-state index in [2.05, 4.69) is 73.9 Å². The third-order valence-electron chi connectivity index (χ3n) is 5.91. The van der Waals surface area contributed by atoms with Crippen LogP contribution in [0, 0.1) is 29.6 Å². The van der Waals surface area contributed by atoms with Crippen molar-refractivity contribution in [2.45, 2.75) is 13.1 Å². The molecular formula is C28H14AlBr2Cl6F3N8. The van der Waals surface area contributed by atoms with Crippen LogP contribution in [0.1, 0.15) is 22.3 Å². The van der Waals surface area contributed by atoms with Gasteiger partial charge >= 0.3 is 17.6 Å². The lowest BCUT2D eigenvalue weighted by molar-refractivity contribution is -0.138. The minimum absolute atomic E-state index is 0.215. The largest absolute Gasteiger partial charge is 0.643 e. The third kappa shape index (κ3) is 10.6. The van der Waals surface area contributed by atoms with Gasteiger partial charge in [-0.2, -0.15) is 23.7 Å². The molecule has 6 rings (SSSR count). The first-order valence-electron chi connectivity index (χ1n) is 12.6. The molecule has 2 N–H and O–H groups in total. The number of nitriles is 2. The monoisotopic (exact) mass is 914 g/mol.